The zero-order valence-corrected chi connectivity index (χ0v) is 15.1. The van der Waals surface area contributed by atoms with Crippen LogP contribution in [0.1, 0.15) is 37.3 Å². The van der Waals surface area contributed by atoms with Crippen LogP contribution in [0.2, 0.25) is 0 Å². The van der Waals surface area contributed by atoms with Crippen LogP contribution in [0.3, 0.4) is 0 Å². The molecule has 0 amide bonds. The molecule has 2 rings (SSSR count). The second-order valence-corrected chi connectivity index (χ2v) is 7.55. The van der Waals surface area contributed by atoms with Gasteiger partial charge in [-0.25, -0.2) is 13.1 Å². The standard InChI is InChI=1S/C19H25NO3S/c1-3-4-8-13-23-18-12-11-16(2)14-19(18)24(21,22)20-15-17-9-6-5-7-10-17/h5-7,9-12,14,20H,3-4,8,13,15H2,1-2H3. The van der Waals surface area contributed by atoms with Crippen molar-refractivity contribution < 1.29 is 13.2 Å². The molecule has 24 heavy (non-hydrogen) atoms. The Balaban J connectivity index is 2.13. The van der Waals surface area contributed by atoms with Gasteiger partial charge in [0, 0.05) is 6.54 Å². The number of hydrogen-bond donors (Lipinski definition) is 1. The average Bonchev–Trinajstić information content (AvgIpc) is 2.59. The maximum Gasteiger partial charge on any atom is 0.244 e. The summed E-state index contributed by atoms with van der Waals surface area (Å²) in [6.07, 6.45) is 3.09. The molecule has 0 radical (unpaired) electrons. The minimum Gasteiger partial charge on any atom is -0.492 e. The first kappa shape index (κ1) is 18.5. The van der Waals surface area contributed by atoms with E-state index in [1.165, 1.54) is 0 Å². The van der Waals surface area contributed by atoms with Gasteiger partial charge in [-0.3, -0.25) is 0 Å². The third-order valence-corrected chi connectivity index (χ3v) is 5.13. The molecule has 4 nitrogen and oxygen atoms in total. The molecule has 0 atom stereocenters. The van der Waals surface area contributed by atoms with Crippen LogP contribution >= 0.6 is 0 Å². The highest BCUT2D eigenvalue weighted by molar-refractivity contribution is 7.89. The van der Waals surface area contributed by atoms with E-state index in [0.29, 0.717) is 12.4 Å². The molecule has 0 saturated heterocycles. The molecule has 0 aromatic heterocycles. The summed E-state index contributed by atoms with van der Waals surface area (Å²) in [5.74, 6) is 0.414. The van der Waals surface area contributed by atoms with Gasteiger partial charge in [-0.2, -0.15) is 0 Å². The van der Waals surface area contributed by atoms with Crippen molar-refractivity contribution in [2.24, 2.45) is 0 Å². The van der Waals surface area contributed by atoms with E-state index >= 15 is 0 Å². The molecule has 2 aromatic carbocycles. The highest BCUT2D eigenvalue weighted by Gasteiger charge is 2.19. The van der Waals surface area contributed by atoms with Crippen LogP contribution in [0.15, 0.2) is 53.4 Å². The smallest absolute Gasteiger partial charge is 0.244 e. The van der Waals surface area contributed by atoms with E-state index in [0.717, 1.165) is 30.4 Å². The van der Waals surface area contributed by atoms with Gasteiger partial charge in [-0.15, -0.1) is 0 Å². The Hall–Kier alpha value is -1.85. The lowest BCUT2D eigenvalue weighted by Gasteiger charge is -2.13. The normalized spacial score (nSPS) is 11.4. The van der Waals surface area contributed by atoms with Crippen LogP contribution < -0.4 is 9.46 Å². The third kappa shape index (κ3) is 5.35. The van der Waals surface area contributed by atoms with Gasteiger partial charge in [-0.05, 0) is 36.6 Å². The molecule has 0 spiro atoms. The number of rotatable bonds is 9. The molecule has 0 aliphatic rings. The quantitative estimate of drug-likeness (QED) is 0.697. The minimum atomic E-state index is -3.63. The second kappa shape index (κ2) is 8.85. The number of ether oxygens (including phenoxy) is 1. The Morgan fingerprint density at radius 3 is 2.50 bits per heavy atom. The van der Waals surface area contributed by atoms with E-state index in [4.69, 9.17) is 4.74 Å². The summed E-state index contributed by atoms with van der Waals surface area (Å²) < 4.78 is 33.7. The molecule has 0 heterocycles. The van der Waals surface area contributed by atoms with Crippen molar-refractivity contribution in [2.45, 2.75) is 44.6 Å². The Morgan fingerprint density at radius 2 is 1.79 bits per heavy atom. The molecule has 0 aliphatic heterocycles. The predicted octanol–water partition coefficient (Wildman–Crippen LogP) is 4.04. The van der Waals surface area contributed by atoms with Gasteiger partial charge >= 0.3 is 0 Å². The van der Waals surface area contributed by atoms with Gasteiger partial charge in [0.05, 0.1) is 6.61 Å². The molecule has 130 valence electrons. The van der Waals surface area contributed by atoms with Crippen LogP contribution in [0.25, 0.3) is 0 Å². The lowest BCUT2D eigenvalue weighted by atomic mass is 10.2. The summed E-state index contributed by atoms with van der Waals surface area (Å²) in [5.41, 5.74) is 1.80. The molecule has 1 N–H and O–H groups in total. The molecule has 0 aliphatic carbocycles. The molecule has 5 heteroatoms. The highest BCUT2D eigenvalue weighted by atomic mass is 32.2. The lowest BCUT2D eigenvalue weighted by Crippen LogP contribution is -2.24. The summed E-state index contributed by atoms with van der Waals surface area (Å²) in [6, 6.07) is 14.7. The van der Waals surface area contributed by atoms with E-state index in [2.05, 4.69) is 11.6 Å². The van der Waals surface area contributed by atoms with Crippen molar-refractivity contribution in [3.63, 3.8) is 0 Å². The molecule has 2 aromatic rings. The Bertz CT molecular complexity index is 742. The average molecular weight is 347 g/mol. The number of nitrogens with one attached hydrogen (secondary N) is 1. The lowest BCUT2D eigenvalue weighted by molar-refractivity contribution is 0.298. The maximum absolute atomic E-state index is 12.7. The van der Waals surface area contributed by atoms with Crippen molar-refractivity contribution >= 4 is 10.0 Å². The van der Waals surface area contributed by atoms with Crippen LogP contribution in [-0.4, -0.2) is 15.0 Å². The van der Waals surface area contributed by atoms with Gasteiger partial charge in [0.15, 0.2) is 0 Å². The molecule has 0 bridgehead atoms. The largest absolute Gasteiger partial charge is 0.492 e. The first-order valence-electron chi connectivity index (χ1n) is 8.30. The van der Waals surface area contributed by atoms with E-state index in [1.807, 2.05) is 43.3 Å². The third-order valence-electron chi connectivity index (χ3n) is 3.70. The molecule has 0 unspecified atom stereocenters. The number of sulfonamides is 1. The second-order valence-electron chi connectivity index (χ2n) is 5.82. The van der Waals surface area contributed by atoms with Crippen LogP contribution in [0, 0.1) is 6.92 Å². The van der Waals surface area contributed by atoms with Gasteiger partial charge in [0.2, 0.25) is 10.0 Å². The summed E-state index contributed by atoms with van der Waals surface area (Å²) in [7, 11) is -3.63. The topological polar surface area (TPSA) is 55.4 Å². The number of benzene rings is 2. The number of hydrogen-bond acceptors (Lipinski definition) is 3. The number of unbranched alkanes of at least 4 members (excludes halogenated alkanes) is 2. The Morgan fingerprint density at radius 1 is 1.04 bits per heavy atom. The van der Waals surface area contributed by atoms with Gasteiger partial charge in [0.25, 0.3) is 0 Å². The summed E-state index contributed by atoms with van der Waals surface area (Å²) in [4.78, 5) is 0.204. The monoisotopic (exact) mass is 347 g/mol. The number of aryl methyl sites for hydroxylation is 1. The van der Waals surface area contributed by atoms with Gasteiger partial charge < -0.3 is 4.74 Å². The van der Waals surface area contributed by atoms with Crippen LogP contribution in [0.5, 0.6) is 5.75 Å². The van der Waals surface area contributed by atoms with Crippen molar-refractivity contribution in [3.05, 3.63) is 59.7 Å². The van der Waals surface area contributed by atoms with Crippen molar-refractivity contribution in [1.29, 1.82) is 0 Å². The minimum absolute atomic E-state index is 0.204. The molecular weight excluding hydrogens is 322 g/mol. The van der Waals surface area contributed by atoms with Crippen LogP contribution in [0.4, 0.5) is 0 Å². The van der Waals surface area contributed by atoms with Crippen molar-refractivity contribution in [3.8, 4) is 5.75 Å². The summed E-state index contributed by atoms with van der Waals surface area (Å²) >= 11 is 0. The van der Waals surface area contributed by atoms with E-state index in [9.17, 15) is 8.42 Å². The van der Waals surface area contributed by atoms with Gasteiger partial charge in [-0.1, -0.05) is 56.2 Å². The first-order valence-corrected chi connectivity index (χ1v) is 9.78. The molecule has 0 saturated carbocycles. The molecule has 0 fully saturated rings. The van der Waals surface area contributed by atoms with E-state index in [1.54, 1.807) is 12.1 Å². The Kier molecular flexibility index (Phi) is 6.82. The predicted molar refractivity (Wildman–Crippen MR) is 96.7 cm³/mol. The maximum atomic E-state index is 12.7. The van der Waals surface area contributed by atoms with E-state index in [-0.39, 0.29) is 11.4 Å². The van der Waals surface area contributed by atoms with Gasteiger partial charge in [0.1, 0.15) is 10.6 Å². The fourth-order valence-electron chi connectivity index (χ4n) is 2.33. The fourth-order valence-corrected chi connectivity index (χ4v) is 3.58. The first-order chi connectivity index (χ1) is 11.5. The van der Waals surface area contributed by atoms with E-state index < -0.39 is 10.0 Å². The fraction of sp³-hybridized carbons (Fsp3) is 0.368. The summed E-state index contributed by atoms with van der Waals surface area (Å²) in [5, 5.41) is 0. The molecular formula is C19H25NO3S. The van der Waals surface area contributed by atoms with Crippen molar-refractivity contribution in [2.75, 3.05) is 6.61 Å². The van der Waals surface area contributed by atoms with Crippen molar-refractivity contribution in [1.82, 2.24) is 4.72 Å². The zero-order chi connectivity index (χ0) is 17.4. The summed E-state index contributed by atoms with van der Waals surface area (Å²) in [6.45, 7) is 4.77. The SMILES string of the molecule is CCCCCOc1ccc(C)cc1S(=O)(=O)NCc1ccccc1. The van der Waals surface area contributed by atoms with Crippen LogP contribution in [-0.2, 0) is 16.6 Å². The Labute approximate surface area is 144 Å². The zero-order valence-electron chi connectivity index (χ0n) is 14.3. The highest BCUT2D eigenvalue weighted by Crippen LogP contribution is 2.25.